The Labute approximate surface area is 99.1 Å². The molecular formula is C9H7F3N4S. The molecule has 1 N–H and O–H groups in total. The zero-order chi connectivity index (χ0) is 12.6. The number of nitrogens with zero attached hydrogens (tertiary/aromatic N) is 3. The number of H-pyrrole nitrogens is 1. The summed E-state index contributed by atoms with van der Waals surface area (Å²) in [7, 11) is 0. The molecule has 0 fully saturated rings. The average molecular weight is 260 g/mol. The smallest absolute Gasteiger partial charge is 0.285 e. The molecule has 0 aliphatic heterocycles. The quantitative estimate of drug-likeness (QED) is 0.802. The van der Waals surface area contributed by atoms with Gasteiger partial charge in [0.15, 0.2) is 0 Å². The lowest BCUT2D eigenvalue weighted by Gasteiger charge is -2.04. The molecule has 17 heavy (non-hydrogen) atoms. The van der Waals surface area contributed by atoms with Crippen LogP contribution in [-0.2, 0) is 6.18 Å². The van der Waals surface area contributed by atoms with Crippen LogP contribution in [0.15, 0.2) is 18.5 Å². The maximum atomic E-state index is 12.6. The second-order valence-electron chi connectivity index (χ2n) is 3.30. The Hall–Kier alpha value is -1.70. The van der Waals surface area contributed by atoms with E-state index >= 15 is 0 Å². The van der Waals surface area contributed by atoms with E-state index in [-0.39, 0.29) is 16.2 Å². The van der Waals surface area contributed by atoms with Gasteiger partial charge in [-0.25, -0.2) is 14.6 Å². The van der Waals surface area contributed by atoms with Crippen molar-refractivity contribution >= 4 is 12.2 Å². The zero-order valence-corrected chi connectivity index (χ0v) is 9.43. The molecule has 0 bridgehead atoms. The number of hydrogen-bond acceptors (Lipinski definition) is 3. The van der Waals surface area contributed by atoms with E-state index in [9.17, 15) is 13.2 Å². The fraction of sp³-hybridized carbons (Fsp3) is 0.222. The normalized spacial score (nSPS) is 11.8. The van der Waals surface area contributed by atoms with Crippen LogP contribution in [0.2, 0.25) is 0 Å². The van der Waals surface area contributed by atoms with Crippen molar-refractivity contribution in [3.05, 3.63) is 34.4 Å². The highest BCUT2D eigenvalue weighted by molar-refractivity contribution is 7.71. The standard InChI is InChI=1S/C9H7F3N4S/c1-5-6(9(10,11)12)15-16(7(5)17)8-13-3-2-4-14-8/h2-4,15H,1H3. The predicted molar refractivity (Wildman–Crippen MR) is 56.3 cm³/mol. The second-order valence-corrected chi connectivity index (χ2v) is 3.69. The zero-order valence-electron chi connectivity index (χ0n) is 8.62. The van der Waals surface area contributed by atoms with Gasteiger partial charge in [-0.15, -0.1) is 0 Å². The second kappa shape index (κ2) is 3.95. The van der Waals surface area contributed by atoms with Gasteiger partial charge < -0.3 is 0 Å². The van der Waals surface area contributed by atoms with Crippen molar-refractivity contribution < 1.29 is 13.2 Å². The highest BCUT2D eigenvalue weighted by Crippen LogP contribution is 2.31. The number of rotatable bonds is 1. The van der Waals surface area contributed by atoms with Gasteiger partial charge in [-0.3, -0.25) is 5.10 Å². The van der Waals surface area contributed by atoms with Crippen LogP contribution in [0.4, 0.5) is 13.2 Å². The average Bonchev–Trinajstić information content (AvgIpc) is 2.57. The minimum atomic E-state index is -4.47. The van der Waals surface area contributed by atoms with Gasteiger partial charge in [-0.2, -0.15) is 13.2 Å². The third-order valence-corrected chi connectivity index (χ3v) is 2.65. The summed E-state index contributed by atoms with van der Waals surface area (Å²) in [4.78, 5) is 7.67. The number of hydrogen-bond donors (Lipinski definition) is 1. The van der Waals surface area contributed by atoms with Gasteiger partial charge in [-0.05, 0) is 13.0 Å². The van der Waals surface area contributed by atoms with Crippen molar-refractivity contribution in [2.75, 3.05) is 0 Å². The molecule has 0 saturated heterocycles. The molecule has 0 amide bonds. The summed E-state index contributed by atoms with van der Waals surface area (Å²) in [5.41, 5.74) is -0.921. The van der Waals surface area contributed by atoms with Crippen LogP contribution in [0, 0.1) is 11.6 Å². The molecule has 0 spiro atoms. The van der Waals surface area contributed by atoms with Crippen LogP contribution in [0.3, 0.4) is 0 Å². The Balaban J connectivity index is 2.63. The van der Waals surface area contributed by atoms with Crippen LogP contribution in [0.1, 0.15) is 11.3 Å². The molecule has 8 heteroatoms. The van der Waals surface area contributed by atoms with E-state index in [1.54, 1.807) is 6.07 Å². The van der Waals surface area contributed by atoms with Gasteiger partial charge in [-0.1, -0.05) is 12.2 Å². The van der Waals surface area contributed by atoms with Crippen LogP contribution >= 0.6 is 12.2 Å². The molecule has 2 aromatic heterocycles. The van der Waals surface area contributed by atoms with Crippen molar-refractivity contribution in [2.24, 2.45) is 0 Å². The highest BCUT2D eigenvalue weighted by atomic mass is 32.1. The third kappa shape index (κ3) is 2.07. The highest BCUT2D eigenvalue weighted by Gasteiger charge is 2.35. The SMILES string of the molecule is Cc1c(C(F)(F)F)[nH]n(-c2ncccn2)c1=S. The van der Waals surface area contributed by atoms with Crippen LogP contribution in [-0.4, -0.2) is 19.7 Å². The lowest BCUT2D eigenvalue weighted by atomic mass is 10.3. The maximum absolute atomic E-state index is 12.6. The summed E-state index contributed by atoms with van der Waals surface area (Å²) in [6.45, 7) is 1.31. The fourth-order valence-corrected chi connectivity index (χ4v) is 1.57. The monoisotopic (exact) mass is 260 g/mol. The van der Waals surface area contributed by atoms with Crippen molar-refractivity contribution in [2.45, 2.75) is 13.1 Å². The summed E-state index contributed by atoms with van der Waals surface area (Å²) in [5.74, 6) is 0.0797. The Morgan fingerprint density at radius 2 is 1.88 bits per heavy atom. The molecule has 2 heterocycles. The van der Waals surface area contributed by atoms with Gasteiger partial charge in [0.1, 0.15) is 10.3 Å². The minimum absolute atomic E-state index is 0.0172. The Bertz CT molecular complexity index is 585. The molecule has 0 aliphatic carbocycles. The maximum Gasteiger partial charge on any atom is 0.433 e. The minimum Gasteiger partial charge on any atom is -0.285 e. The Morgan fingerprint density at radius 3 is 2.35 bits per heavy atom. The molecule has 0 aliphatic rings. The summed E-state index contributed by atoms with van der Waals surface area (Å²) >= 11 is 4.92. The number of alkyl halides is 3. The fourth-order valence-electron chi connectivity index (χ4n) is 1.34. The largest absolute Gasteiger partial charge is 0.433 e. The summed E-state index contributed by atoms with van der Waals surface area (Å²) in [6.07, 6.45) is -1.63. The summed E-state index contributed by atoms with van der Waals surface area (Å²) < 4.78 is 38.9. The molecule has 0 atom stereocenters. The first-order chi connectivity index (χ1) is 7.91. The van der Waals surface area contributed by atoms with Crippen molar-refractivity contribution in [3.63, 3.8) is 0 Å². The molecule has 0 aromatic carbocycles. The topological polar surface area (TPSA) is 46.5 Å². The number of halogens is 3. The van der Waals surface area contributed by atoms with Gasteiger partial charge in [0.25, 0.3) is 0 Å². The van der Waals surface area contributed by atoms with E-state index in [0.717, 1.165) is 4.68 Å². The molecule has 4 nitrogen and oxygen atoms in total. The molecular weight excluding hydrogens is 253 g/mol. The van der Waals surface area contributed by atoms with Crippen molar-refractivity contribution in [1.82, 2.24) is 19.7 Å². The van der Waals surface area contributed by atoms with E-state index < -0.39 is 11.9 Å². The lowest BCUT2D eigenvalue weighted by molar-refractivity contribution is -0.141. The van der Waals surface area contributed by atoms with Crippen LogP contribution < -0.4 is 0 Å². The first-order valence-corrected chi connectivity index (χ1v) is 4.98. The first kappa shape index (κ1) is 11.8. The number of nitrogens with one attached hydrogen (secondary N) is 1. The van der Waals surface area contributed by atoms with E-state index in [4.69, 9.17) is 12.2 Å². The Kier molecular flexibility index (Phi) is 2.74. The third-order valence-electron chi connectivity index (χ3n) is 2.16. The molecule has 90 valence electrons. The number of aromatic nitrogens is 4. The van der Waals surface area contributed by atoms with E-state index in [2.05, 4.69) is 15.1 Å². The van der Waals surface area contributed by atoms with E-state index in [1.807, 2.05) is 0 Å². The predicted octanol–water partition coefficient (Wildman–Crippen LogP) is 2.65. The van der Waals surface area contributed by atoms with E-state index in [1.165, 1.54) is 19.3 Å². The van der Waals surface area contributed by atoms with Crippen LogP contribution in [0.5, 0.6) is 0 Å². The molecule has 0 unspecified atom stereocenters. The first-order valence-electron chi connectivity index (χ1n) is 4.57. The summed E-state index contributed by atoms with van der Waals surface area (Å²) in [6, 6.07) is 1.56. The molecule has 0 saturated carbocycles. The Morgan fingerprint density at radius 1 is 1.29 bits per heavy atom. The van der Waals surface area contributed by atoms with Gasteiger partial charge in [0.05, 0.1) is 0 Å². The lowest BCUT2D eigenvalue weighted by Crippen LogP contribution is -2.09. The molecule has 2 rings (SSSR count). The van der Waals surface area contributed by atoms with Gasteiger partial charge >= 0.3 is 6.18 Å². The van der Waals surface area contributed by atoms with E-state index in [0.29, 0.717) is 0 Å². The van der Waals surface area contributed by atoms with Gasteiger partial charge in [0, 0.05) is 18.0 Å². The number of aromatic amines is 1. The molecule has 2 aromatic rings. The van der Waals surface area contributed by atoms with Crippen molar-refractivity contribution in [1.29, 1.82) is 0 Å². The van der Waals surface area contributed by atoms with Crippen LogP contribution in [0.25, 0.3) is 5.95 Å². The van der Waals surface area contributed by atoms with Crippen molar-refractivity contribution in [3.8, 4) is 5.95 Å². The summed E-state index contributed by atoms with van der Waals surface area (Å²) in [5, 5.41) is 2.17. The molecule has 0 radical (unpaired) electrons. The van der Waals surface area contributed by atoms with Gasteiger partial charge in [0.2, 0.25) is 5.95 Å².